The van der Waals surface area contributed by atoms with Crippen molar-refractivity contribution in [3.63, 3.8) is 0 Å². The van der Waals surface area contributed by atoms with Crippen LogP contribution in [0.25, 0.3) is 0 Å². The first-order chi connectivity index (χ1) is 26.6. The largest absolute Gasteiger partial charge is 0.368 e. The Morgan fingerprint density at radius 1 is 0.857 bits per heavy atom. The lowest BCUT2D eigenvalue weighted by Crippen LogP contribution is -2.60. The van der Waals surface area contributed by atoms with Crippen LogP contribution < -0.4 is 33.2 Å². The van der Waals surface area contributed by atoms with E-state index < -0.39 is 30.1 Å². The van der Waals surface area contributed by atoms with Crippen LogP contribution in [-0.2, 0) is 28.8 Å². The fourth-order valence-corrected chi connectivity index (χ4v) is 7.40. The molecule has 6 amide bonds. The molecule has 0 aromatic carbocycles. The molecule has 56 heavy (non-hydrogen) atoms. The van der Waals surface area contributed by atoms with Gasteiger partial charge in [-0.25, -0.2) is 0 Å². The van der Waals surface area contributed by atoms with Gasteiger partial charge < -0.3 is 43.0 Å². The summed E-state index contributed by atoms with van der Waals surface area (Å²) in [6.45, 7) is 16.1. The van der Waals surface area contributed by atoms with E-state index in [2.05, 4.69) is 29.0 Å². The van der Waals surface area contributed by atoms with Crippen LogP contribution in [0.2, 0.25) is 0 Å². The van der Waals surface area contributed by atoms with E-state index in [0.29, 0.717) is 38.3 Å². The molecular weight excluding hydrogens is 713 g/mol. The second-order valence-electron chi connectivity index (χ2n) is 15.1. The summed E-state index contributed by atoms with van der Waals surface area (Å²) in [5.74, 6) is -0.719. The van der Waals surface area contributed by atoms with E-state index in [0.717, 1.165) is 56.9 Å². The predicted molar refractivity (Wildman–Crippen MR) is 223 cm³/mol. The van der Waals surface area contributed by atoms with Crippen molar-refractivity contribution in [1.82, 2.24) is 25.8 Å². The lowest BCUT2D eigenvalue weighted by Gasteiger charge is -2.38. The number of hydrogen-bond acceptors (Lipinski definition) is 8. The van der Waals surface area contributed by atoms with Crippen LogP contribution in [0.4, 0.5) is 0 Å². The highest BCUT2D eigenvalue weighted by atomic mass is 16.2. The number of primary amides is 1. The van der Waals surface area contributed by atoms with Gasteiger partial charge in [-0.3, -0.25) is 28.8 Å². The standard InChI is InChI=1S/C25H40N4O3.C10H16N2O2.C5H12N2O.C2H6/c1-5-9-18(7-3)16-27-24(31)22-15-13-19-12-14-21(25(32)29(19)22)28-23(30)20(26)11-8-10-17(4)6-2;1-11-10(14)8-6-5-7-3-2-4-9(13)12(7)8;1-3(2)4(6)5(7)8;1-2/h5-7,9,19-22H,8,10-16,26H2,1-4H3,(H,27,31)(H,28,30);7-8H,2-6H2,1H3,(H,11,14);3-4H,6H2,1-2H3,(H2,7,8);1-2H3/b9-5-,17-6+,18-7+;;;/t19?,20-,21?,22?;;4-;/m0.0./s1. The summed E-state index contributed by atoms with van der Waals surface area (Å²) in [7, 11) is 1.63. The van der Waals surface area contributed by atoms with Gasteiger partial charge in [0.1, 0.15) is 18.1 Å². The van der Waals surface area contributed by atoms with Crippen molar-refractivity contribution in [2.45, 2.75) is 175 Å². The van der Waals surface area contributed by atoms with Crippen LogP contribution in [0.1, 0.15) is 132 Å². The highest BCUT2D eigenvalue weighted by Gasteiger charge is 2.46. The predicted octanol–water partition coefficient (Wildman–Crippen LogP) is 3.48. The Labute approximate surface area is 336 Å². The number of likely N-dealkylation sites (N-methyl/N-ethyl adjacent to an activating group) is 1. The molecular formula is C42H74N8O6. The highest BCUT2D eigenvalue weighted by Crippen LogP contribution is 2.33. The number of allylic oxidation sites excluding steroid dienone is 4. The third-order valence-corrected chi connectivity index (χ3v) is 10.9. The van der Waals surface area contributed by atoms with Gasteiger partial charge in [-0.2, -0.15) is 0 Å². The van der Waals surface area contributed by atoms with Crippen LogP contribution in [0.3, 0.4) is 0 Å². The first-order valence-corrected chi connectivity index (χ1v) is 20.7. The number of piperidine rings is 2. The average molecular weight is 787 g/mol. The maximum Gasteiger partial charge on any atom is 0.246 e. The number of carbonyl (C=O) groups excluding carboxylic acids is 6. The topological polar surface area (TPSA) is 223 Å². The molecule has 14 heteroatoms. The number of nitrogens with two attached hydrogens (primary N) is 3. The third-order valence-electron chi connectivity index (χ3n) is 10.9. The third kappa shape index (κ3) is 15.1. The fourth-order valence-electron chi connectivity index (χ4n) is 7.40. The number of nitrogens with one attached hydrogen (secondary N) is 3. The molecule has 4 aliphatic rings. The molecule has 0 radical (unpaired) electrons. The minimum atomic E-state index is -0.631. The smallest absolute Gasteiger partial charge is 0.246 e. The van der Waals surface area contributed by atoms with Gasteiger partial charge in [0.15, 0.2) is 0 Å². The molecule has 318 valence electrons. The first kappa shape index (κ1) is 50.0. The second kappa shape index (κ2) is 26.0. The number of fused-ring (bicyclic) bond motifs is 2. The molecule has 4 saturated heterocycles. The van der Waals surface area contributed by atoms with E-state index >= 15 is 0 Å². The summed E-state index contributed by atoms with van der Waals surface area (Å²) in [5, 5.41) is 8.44. The van der Waals surface area contributed by atoms with Crippen LogP contribution in [0.5, 0.6) is 0 Å². The number of carbonyl (C=O) groups is 6. The molecule has 5 unspecified atom stereocenters. The van der Waals surface area contributed by atoms with Crippen molar-refractivity contribution in [2.75, 3.05) is 13.6 Å². The minimum Gasteiger partial charge on any atom is -0.368 e. The van der Waals surface area contributed by atoms with Crippen LogP contribution in [-0.4, -0.2) is 101 Å². The number of nitrogens with zero attached hydrogens (tertiary/aromatic N) is 2. The van der Waals surface area contributed by atoms with Gasteiger partial charge in [0.05, 0.1) is 12.1 Å². The lowest BCUT2D eigenvalue weighted by atomic mass is 9.97. The Kier molecular flexibility index (Phi) is 23.2. The van der Waals surface area contributed by atoms with Gasteiger partial charge in [-0.05, 0) is 110 Å². The van der Waals surface area contributed by atoms with Crippen LogP contribution in [0.15, 0.2) is 35.5 Å². The number of rotatable bonds is 13. The summed E-state index contributed by atoms with van der Waals surface area (Å²) >= 11 is 0. The van der Waals surface area contributed by atoms with E-state index in [1.54, 1.807) is 11.9 Å². The van der Waals surface area contributed by atoms with E-state index in [4.69, 9.17) is 17.2 Å². The van der Waals surface area contributed by atoms with E-state index in [1.807, 2.05) is 71.6 Å². The second-order valence-corrected chi connectivity index (χ2v) is 15.1. The number of hydrogen-bond donors (Lipinski definition) is 6. The van der Waals surface area contributed by atoms with Gasteiger partial charge in [-0.1, -0.05) is 57.6 Å². The van der Waals surface area contributed by atoms with Crippen molar-refractivity contribution >= 4 is 35.4 Å². The molecule has 14 nitrogen and oxygen atoms in total. The molecule has 0 spiro atoms. The minimum absolute atomic E-state index is 0.0113. The lowest BCUT2D eigenvalue weighted by molar-refractivity contribution is -0.146. The van der Waals surface area contributed by atoms with Crippen molar-refractivity contribution in [1.29, 1.82) is 0 Å². The zero-order valence-corrected chi connectivity index (χ0v) is 35.7. The van der Waals surface area contributed by atoms with Gasteiger partial charge in [0.25, 0.3) is 0 Å². The Morgan fingerprint density at radius 3 is 1.96 bits per heavy atom. The van der Waals surface area contributed by atoms with Gasteiger partial charge in [0.2, 0.25) is 35.4 Å². The van der Waals surface area contributed by atoms with Crippen molar-refractivity contribution < 1.29 is 28.8 Å². The van der Waals surface area contributed by atoms with Gasteiger partial charge in [-0.15, -0.1) is 0 Å². The average Bonchev–Trinajstić information content (AvgIpc) is 3.84. The molecule has 0 aromatic rings. The molecule has 0 aliphatic carbocycles. The summed E-state index contributed by atoms with van der Waals surface area (Å²) in [6, 6.07) is -2.00. The zero-order chi connectivity index (χ0) is 42.5. The summed E-state index contributed by atoms with van der Waals surface area (Å²) in [6.07, 6.45) is 17.6. The Morgan fingerprint density at radius 2 is 1.45 bits per heavy atom. The molecule has 4 aliphatic heterocycles. The highest BCUT2D eigenvalue weighted by molar-refractivity contribution is 5.94. The molecule has 9 N–H and O–H groups in total. The SMILES string of the molecule is C/C=C\C(=C/C)CNC(=O)C1CCC2CCC(NC(=O)[C@@H](N)CCC/C(C)=C/C)C(=O)N21.CC.CC(C)[C@H](N)C(N)=O.CNC(=O)C1CCC2CCCC(=O)N21. The molecule has 4 fully saturated rings. The Bertz CT molecular complexity index is 1390. The Hall–Kier alpha value is -4.04. The van der Waals surface area contributed by atoms with Crippen molar-refractivity contribution in [3.05, 3.63) is 35.5 Å². The molecule has 4 rings (SSSR count). The molecule has 0 bridgehead atoms. The quantitative estimate of drug-likeness (QED) is 0.120. The summed E-state index contributed by atoms with van der Waals surface area (Å²) in [4.78, 5) is 75.5. The first-order valence-electron chi connectivity index (χ1n) is 20.7. The molecule has 0 saturated carbocycles. The van der Waals surface area contributed by atoms with E-state index in [1.165, 1.54) is 5.57 Å². The van der Waals surface area contributed by atoms with Crippen molar-refractivity contribution in [2.24, 2.45) is 23.1 Å². The normalized spacial score (nSPS) is 24.3. The van der Waals surface area contributed by atoms with Crippen LogP contribution in [0, 0.1) is 5.92 Å². The summed E-state index contributed by atoms with van der Waals surface area (Å²) < 4.78 is 0. The zero-order valence-electron chi connectivity index (χ0n) is 35.7. The van der Waals surface area contributed by atoms with E-state index in [-0.39, 0.29) is 47.5 Å². The summed E-state index contributed by atoms with van der Waals surface area (Å²) in [5.41, 5.74) is 18.5. The van der Waals surface area contributed by atoms with E-state index in [9.17, 15) is 28.8 Å². The Balaban J connectivity index is 0.000000531. The molecule has 7 atom stereocenters. The monoisotopic (exact) mass is 787 g/mol. The molecule has 0 aromatic heterocycles. The van der Waals surface area contributed by atoms with Crippen molar-refractivity contribution in [3.8, 4) is 0 Å². The maximum absolute atomic E-state index is 13.2. The van der Waals surface area contributed by atoms with Gasteiger partial charge >= 0.3 is 0 Å². The fraction of sp³-hybridized carbons (Fsp3) is 0.714. The molecule has 4 heterocycles. The number of amides is 6. The maximum atomic E-state index is 13.2. The van der Waals surface area contributed by atoms with Crippen LogP contribution >= 0.6 is 0 Å². The van der Waals surface area contributed by atoms with Gasteiger partial charge in [0, 0.05) is 32.1 Å².